The number of nitrogens with two attached hydrogens (primary N) is 1. The van der Waals surface area contributed by atoms with Crippen LogP contribution in [0, 0.1) is 11.8 Å². The summed E-state index contributed by atoms with van der Waals surface area (Å²) in [7, 11) is 2.80. The van der Waals surface area contributed by atoms with Gasteiger partial charge in [-0.25, -0.2) is 0 Å². The molecule has 0 heterocycles. The van der Waals surface area contributed by atoms with E-state index in [2.05, 4.69) is 0 Å². The van der Waals surface area contributed by atoms with E-state index in [0.29, 0.717) is 0 Å². The van der Waals surface area contributed by atoms with Crippen LogP contribution in [-0.4, -0.2) is 95.8 Å². The second kappa shape index (κ2) is 9.57. The zero-order valence-electron chi connectivity index (χ0n) is 19.3. The van der Waals surface area contributed by atoms with Crippen molar-refractivity contribution < 1.29 is 73.0 Å². The molecule has 3 aliphatic carbocycles. The third kappa shape index (κ3) is 3.57. The molecule has 12 N–H and O–H groups in total. The van der Waals surface area contributed by atoms with Crippen molar-refractivity contribution in [1.29, 1.82) is 0 Å². The zero-order chi connectivity index (χ0) is 24.8. The molecule has 1 fully saturated rings. The summed E-state index contributed by atoms with van der Waals surface area (Å²) < 4.78 is 0. The Morgan fingerprint density at radius 2 is 1.64 bits per heavy atom. The van der Waals surface area contributed by atoms with Gasteiger partial charge in [0.15, 0.2) is 11.4 Å². The molecule has 1 radical (unpaired) electrons. The van der Waals surface area contributed by atoms with E-state index in [0.717, 1.165) is 0 Å². The molecule has 3 aliphatic rings. The number of nitrogens with zero attached hydrogens (tertiary/aromatic N) is 1. The van der Waals surface area contributed by atoms with Crippen molar-refractivity contribution >= 4 is 23.2 Å². The number of Topliss-reactive ketones (excluding diaryl/α,β-unsaturated/α-hetero) is 2. The Morgan fingerprint density at radius 1 is 1.08 bits per heavy atom. The summed E-state index contributed by atoms with van der Waals surface area (Å²) in [6, 6.07) is 2.50. The number of carbonyl (C=O) groups is 3. The minimum atomic E-state index is -3.02. The predicted molar refractivity (Wildman–Crippen MR) is 119 cm³/mol. The molecular formula is C22H28CuN2O11. The first-order valence-corrected chi connectivity index (χ1v) is 10.1. The molecule has 1 amide bonds. The molecule has 36 heavy (non-hydrogen) atoms. The zero-order valence-corrected chi connectivity index (χ0v) is 20.2. The quantitative estimate of drug-likeness (QED) is 0.142. The molecule has 13 nitrogen and oxygen atoms in total. The molecular weight excluding hydrogens is 532 g/mol. The van der Waals surface area contributed by atoms with Gasteiger partial charge in [0.05, 0.1) is 40.7 Å². The van der Waals surface area contributed by atoms with Crippen LogP contribution >= 0.6 is 0 Å². The number of aliphatic hydroxyl groups excluding tert-OH is 3. The van der Waals surface area contributed by atoms with Crippen LogP contribution in [0.15, 0.2) is 35.1 Å². The molecule has 0 unspecified atom stereocenters. The Labute approximate surface area is 215 Å². The molecule has 203 valence electrons. The van der Waals surface area contributed by atoms with Gasteiger partial charge in [0, 0.05) is 17.1 Å². The Bertz CT molecular complexity index is 1190. The first-order valence-electron chi connectivity index (χ1n) is 10.1. The Morgan fingerprint density at radius 3 is 2.14 bits per heavy atom. The molecule has 0 spiro atoms. The summed E-state index contributed by atoms with van der Waals surface area (Å²) in [6.45, 7) is 1.25. The van der Waals surface area contributed by atoms with E-state index in [1.165, 1.54) is 44.1 Å². The summed E-state index contributed by atoms with van der Waals surface area (Å²) >= 11 is 0. The number of amides is 1. The van der Waals surface area contributed by atoms with Gasteiger partial charge >= 0.3 is 0 Å². The summed E-state index contributed by atoms with van der Waals surface area (Å²) in [5.41, 5.74) is -1.78. The van der Waals surface area contributed by atoms with Crippen molar-refractivity contribution in [2.45, 2.75) is 30.3 Å². The molecule has 4 rings (SSSR count). The first-order chi connectivity index (χ1) is 15.2. The summed E-state index contributed by atoms with van der Waals surface area (Å²) in [5, 5.41) is 66.3. The summed E-state index contributed by atoms with van der Waals surface area (Å²) in [5.74, 6) is -9.67. The van der Waals surface area contributed by atoms with E-state index in [9.17, 15) is 45.0 Å². The predicted octanol–water partition coefficient (Wildman–Crippen LogP) is -3.05. The maximum Gasteiger partial charge on any atom is 0.255 e. The maximum absolute atomic E-state index is 13.7. The fourth-order valence-electron chi connectivity index (χ4n) is 5.60. The Balaban J connectivity index is 0.00000216. The van der Waals surface area contributed by atoms with Crippen LogP contribution in [0.5, 0.6) is 5.75 Å². The molecule has 14 heteroatoms. The van der Waals surface area contributed by atoms with Gasteiger partial charge in [0.2, 0.25) is 5.78 Å². The van der Waals surface area contributed by atoms with Crippen LogP contribution in [0.1, 0.15) is 18.1 Å². The van der Waals surface area contributed by atoms with Gasteiger partial charge in [-0.05, 0) is 32.6 Å². The molecule has 1 aromatic carbocycles. The molecule has 0 aliphatic heterocycles. The SMILES string of the molecule is CN(C)[C@@H]1C(=O)C(C(N)=O)=C(O)[C@@]2(O)C(=O)C3=C(O)c4c(O)cccc4[C@@](C)(O)[C@H]3[C@H](O)[C@@H]12.O.O.[Cu]. The molecule has 1 aromatic rings. The number of aliphatic hydroxyl groups is 5. The normalized spacial score (nSPS) is 33.0. The number of aromatic hydroxyl groups is 1. The Kier molecular flexibility index (Phi) is 8.30. The third-order valence-electron chi connectivity index (χ3n) is 7.03. The van der Waals surface area contributed by atoms with Gasteiger partial charge < -0.3 is 47.3 Å². The van der Waals surface area contributed by atoms with E-state index >= 15 is 0 Å². The summed E-state index contributed by atoms with van der Waals surface area (Å²) in [6.07, 6.45) is -1.87. The van der Waals surface area contributed by atoms with Crippen LogP contribution in [0.2, 0.25) is 0 Å². The van der Waals surface area contributed by atoms with Gasteiger partial charge in [-0.15, -0.1) is 0 Å². The van der Waals surface area contributed by atoms with Crippen LogP contribution in [0.3, 0.4) is 0 Å². The fraction of sp³-hybridized carbons (Fsp3) is 0.409. The number of hydrogen-bond acceptors (Lipinski definition) is 10. The number of phenolic OH excluding ortho intramolecular Hbond substituents is 1. The van der Waals surface area contributed by atoms with Crippen molar-refractivity contribution in [3.63, 3.8) is 0 Å². The smallest absolute Gasteiger partial charge is 0.255 e. The van der Waals surface area contributed by atoms with Crippen LogP contribution < -0.4 is 5.73 Å². The van der Waals surface area contributed by atoms with Gasteiger partial charge in [-0.1, -0.05) is 12.1 Å². The average molecular weight is 560 g/mol. The number of ketones is 2. The number of rotatable bonds is 2. The van der Waals surface area contributed by atoms with Gasteiger partial charge in [0.25, 0.3) is 5.91 Å². The number of benzene rings is 1. The molecule has 0 bridgehead atoms. The first kappa shape index (κ1) is 31.2. The number of hydrogen-bond donors (Lipinski definition) is 7. The van der Waals surface area contributed by atoms with Gasteiger partial charge in [-0.3, -0.25) is 19.3 Å². The second-order valence-electron chi connectivity index (χ2n) is 9.06. The second-order valence-corrected chi connectivity index (χ2v) is 9.06. The molecule has 1 saturated carbocycles. The van der Waals surface area contributed by atoms with Gasteiger partial charge in [0.1, 0.15) is 22.8 Å². The van der Waals surface area contributed by atoms with Crippen molar-refractivity contribution in [2.75, 3.05) is 14.1 Å². The minimum absolute atomic E-state index is 0. The number of carbonyl (C=O) groups excluding carboxylic acids is 3. The largest absolute Gasteiger partial charge is 0.508 e. The third-order valence-corrected chi connectivity index (χ3v) is 7.03. The number of fused-ring (bicyclic) bond motifs is 3. The average Bonchev–Trinajstić information content (AvgIpc) is 2.70. The van der Waals surface area contributed by atoms with Gasteiger partial charge in [-0.2, -0.15) is 0 Å². The van der Waals surface area contributed by atoms with Crippen molar-refractivity contribution in [3.05, 3.63) is 46.2 Å². The maximum atomic E-state index is 13.7. The van der Waals surface area contributed by atoms with E-state index in [-0.39, 0.29) is 39.1 Å². The number of phenols is 1. The summed E-state index contributed by atoms with van der Waals surface area (Å²) in [4.78, 5) is 39.9. The molecule has 6 atom stereocenters. The van der Waals surface area contributed by atoms with Crippen molar-refractivity contribution in [3.8, 4) is 5.75 Å². The van der Waals surface area contributed by atoms with E-state index < -0.39 is 81.1 Å². The van der Waals surface area contributed by atoms with E-state index in [4.69, 9.17) is 5.73 Å². The van der Waals surface area contributed by atoms with Crippen molar-refractivity contribution in [1.82, 2.24) is 4.90 Å². The van der Waals surface area contributed by atoms with E-state index in [1.54, 1.807) is 0 Å². The minimum Gasteiger partial charge on any atom is -0.508 e. The van der Waals surface area contributed by atoms with Crippen LogP contribution in [0.4, 0.5) is 0 Å². The standard InChI is InChI=1S/C22H24N2O9.Cu.2H2O/c1-21(32)7-5-4-6-8(25)9(7)15(26)10-12(21)17(28)13-14(24(2)3)16(27)11(20(23)31)19(30)22(13,33)18(10)29;;;/h4-6,12-14,17,25-26,28,30,32-33H,1-3H3,(H2,23,31);;2*1H2/t12-,13-,14+,17+,21-,22+;;;/m1.../s1. The number of likely N-dealkylation sites (N-methyl/N-ethyl adjacent to an activating group) is 1. The number of primary amides is 1. The van der Waals surface area contributed by atoms with Crippen LogP contribution in [-0.2, 0) is 37.1 Å². The topological polar surface area (TPSA) is 265 Å². The van der Waals surface area contributed by atoms with E-state index in [1.807, 2.05) is 0 Å². The van der Waals surface area contributed by atoms with Crippen molar-refractivity contribution in [2.24, 2.45) is 17.6 Å². The Hall–Kier alpha value is -2.81. The molecule has 0 saturated heterocycles. The van der Waals surface area contributed by atoms with Crippen LogP contribution in [0.25, 0.3) is 5.76 Å². The molecule has 0 aromatic heterocycles. The fourth-order valence-corrected chi connectivity index (χ4v) is 5.60. The monoisotopic (exact) mass is 559 g/mol.